The van der Waals surface area contributed by atoms with Crippen LogP contribution in [0.25, 0.3) is 66.7 Å². The molecule has 40 heavy (non-hydrogen) atoms. The Balaban J connectivity index is 1.35. The number of aromatic nitrogens is 1. The van der Waals surface area contributed by atoms with E-state index in [1.54, 1.807) is 0 Å². The average molecular weight is 514 g/mol. The van der Waals surface area contributed by atoms with E-state index in [0.717, 1.165) is 39.2 Å². The molecular formula is C38H27NO. The third-order valence-electron chi connectivity index (χ3n) is 8.45. The zero-order valence-electron chi connectivity index (χ0n) is 22.5. The Morgan fingerprint density at radius 2 is 1.18 bits per heavy atom. The Morgan fingerprint density at radius 1 is 0.525 bits per heavy atom. The van der Waals surface area contributed by atoms with E-state index in [2.05, 4.69) is 123 Å². The Bertz CT molecular complexity index is 2010. The summed E-state index contributed by atoms with van der Waals surface area (Å²) < 4.78 is 6.27. The van der Waals surface area contributed by atoms with Gasteiger partial charge in [-0.15, -0.1) is 0 Å². The second-order valence-electron chi connectivity index (χ2n) is 11.2. The summed E-state index contributed by atoms with van der Waals surface area (Å²) in [5.41, 5.74) is 13.6. The summed E-state index contributed by atoms with van der Waals surface area (Å²) in [6, 6.07) is 45.1. The minimum absolute atomic E-state index is 0.141. The summed E-state index contributed by atoms with van der Waals surface area (Å²) in [7, 11) is 0. The van der Waals surface area contributed by atoms with E-state index in [1.165, 1.54) is 38.6 Å². The molecule has 0 spiro atoms. The van der Waals surface area contributed by atoms with Gasteiger partial charge in [0.2, 0.25) is 0 Å². The minimum Gasteiger partial charge on any atom is -0.456 e. The number of nitrogens with zero attached hydrogens (tertiary/aromatic N) is 1. The maximum absolute atomic E-state index is 6.27. The van der Waals surface area contributed by atoms with Crippen LogP contribution in [0.5, 0.6) is 0 Å². The highest BCUT2D eigenvalue weighted by Crippen LogP contribution is 2.53. The fraction of sp³-hybridized carbons (Fsp3) is 0.0789. The van der Waals surface area contributed by atoms with Crippen molar-refractivity contribution in [3.8, 4) is 44.8 Å². The molecular weight excluding hydrogens is 486 g/mol. The van der Waals surface area contributed by atoms with Crippen LogP contribution >= 0.6 is 0 Å². The summed E-state index contributed by atoms with van der Waals surface area (Å²) in [4.78, 5) is 5.08. The zero-order chi connectivity index (χ0) is 26.8. The summed E-state index contributed by atoms with van der Waals surface area (Å²) in [5, 5.41) is 2.42. The van der Waals surface area contributed by atoms with Crippen molar-refractivity contribution in [1.29, 1.82) is 0 Å². The largest absolute Gasteiger partial charge is 0.456 e. The van der Waals surface area contributed by atoms with E-state index in [1.807, 2.05) is 18.2 Å². The van der Waals surface area contributed by atoms with Crippen molar-refractivity contribution in [2.75, 3.05) is 0 Å². The Morgan fingerprint density at radius 3 is 1.88 bits per heavy atom. The molecule has 0 saturated heterocycles. The van der Waals surface area contributed by atoms with Crippen LogP contribution < -0.4 is 0 Å². The highest BCUT2D eigenvalue weighted by atomic mass is 16.3. The van der Waals surface area contributed by atoms with E-state index < -0.39 is 0 Å². The summed E-state index contributed by atoms with van der Waals surface area (Å²) in [6.07, 6.45) is 0. The Kier molecular flexibility index (Phi) is 4.90. The first kappa shape index (κ1) is 23.0. The number of para-hydroxylation sites is 1. The van der Waals surface area contributed by atoms with Gasteiger partial charge < -0.3 is 4.42 Å². The van der Waals surface area contributed by atoms with Crippen LogP contribution in [-0.4, -0.2) is 4.98 Å². The van der Waals surface area contributed by atoms with Gasteiger partial charge >= 0.3 is 0 Å². The van der Waals surface area contributed by atoms with Gasteiger partial charge in [0.15, 0.2) is 0 Å². The lowest BCUT2D eigenvalue weighted by Gasteiger charge is -2.22. The van der Waals surface area contributed by atoms with Crippen LogP contribution in [0, 0.1) is 0 Å². The second-order valence-corrected chi connectivity index (χ2v) is 11.2. The van der Waals surface area contributed by atoms with Crippen molar-refractivity contribution in [2.45, 2.75) is 19.3 Å². The maximum atomic E-state index is 6.27. The third-order valence-corrected chi connectivity index (χ3v) is 8.45. The van der Waals surface area contributed by atoms with Crippen molar-refractivity contribution in [3.05, 3.63) is 139 Å². The quantitative estimate of drug-likeness (QED) is 0.235. The standard InChI is InChI=1S/C38H27NO/c1-38(2)31-19-17-26(21-30(31)28-18-20-35-36(37(28)38)29-15-9-10-16-34(29)40-35)27-22-32(24-11-5-3-6-12-24)39-33(23-27)25-13-7-4-8-14-25/h3-23H,1-2H3. The van der Waals surface area contributed by atoms with Gasteiger partial charge in [-0.2, -0.15) is 0 Å². The van der Waals surface area contributed by atoms with Gasteiger partial charge in [-0.3, -0.25) is 0 Å². The lowest BCUT2D eigenvalue weighted by Crippen LogP contribution is -2.15. The van der Waals surface area contributed by atoms with Crippen LogP contribution in [0.3, 0.4) is 0 Å². The Labute approximate surface area is 233 Å². The van der Waals surface area contributed by atoms with Crippen molar-refractivity contribution in [3.63, 3.8) is 0 Å². The third kappa shape index (κ3) is 3.39. The number of furan rings is 1. The molecule has 0 N–H and O–H groups in total. The van der Waals surface area contributed by atoms with Gasteiger partial charge in [-0.25, -0.2) is 4.98 Å². The van der Waals surface area contributed by atoms with Crippen molar-refractivity contribution < 1.29 is 4.42 Å². The molecule has 1 aliphatic carbocycles. The number of pyridine rings is 1. The lowest BCUT2D eigenvalue weighted by molar-refractivity contribution is 0.657. The van der Waals surface area contributed by atoms with Gasteiger partial charge in [0, 0.05) is 27.3 Å². The first-order valence-electron chi connectivity index (χ1n) is 13.8. The number of rotatable bonds is 3. The smallest absolute Gasteiger partial charge is 0.135 e. The normalized spacial score (nSPS) is 13.4. The summed E-state index contributed by atoms with van der Waals surface area (Å²) in [6.45, 7) is 4.68. The van der Waals surface area contributed by atoms with E-state index in [0.29, 0.717) is 0 Å². The number of hydrogen-bond acceptors (Lipinski definition) is 2. The molecule has 5 aromatic carbocycles. The fourth-order valence-corrected chi connectivity index (χ4v) is 6.53. The molecule has 2 nitrogen and oxygen atoms in total. The maximum Gasteiger partial charge on any atom is 0.135 e. The number of fused-ring (bicyclic) bond motifs is 7. The molecule has 2 aromatic heterocycles. The lowest BCUT2D eigenvalue weighted by atomic mass is 9.80. The van der Waals surface area contributed by atoms with Crippen LogP contribution in [-0.2, 0) is 5.41 Å². The highest BCUT2D eigenvalue weighted by molar-refractivity contribution is 6.11. The molecule has 190 valence electrons. The predicted molar refractivity (Wildman–Crippen MR) is 165 cm³/mol. The van der Waals surface area contributed by atoms with E-state index in [4.69, 9.17) is 9.40 Å². The molecule has 0 saturated carbocycles. The van der Waals surface area contributed by atoms with Gasteiger partial charge in [-0.05, 0) is 63.7 Å². The molecule has 2 heterocycles. The van der Waals surface area contributed by atoms with Gasteiger partial charge in [-0.1, -0.05) is 111 Å². The Hall–Kier alpha value is -4.95. The second kappa shape index (κ2) is 8.53. The van der Waals surface area contributed by atoms with Crippen molar-refractivity contribution >= 4 is 21.9 Å². The molecule has 0 bridgehead atoms. The summed E-state index contributed by atoms with van der Waals surface area (Å²) >= 11 is 0. The van der Waals surface area contributed by atoms with Crippen LogP contribution in [0.2, 0.25) is 0 Å². The molecule has 2 heteroatoms. The first-order chi connectivity index (χ1) is 19.6. The zero-order valence-corrected chi connectivity index (χ0v) is 22.5. The molecule has 0 atom stereocenters. The first-order valence-corrected chi connectivity index (χ1v) is 13.8. The average Bonchev–Trinajstić information content (AvgIpc) is 3.49. The van der Waals surface area contributed by atoms with Gasteiger partial charge in [0.05, 0.1) is 11.4 Å². The molecule has 7 aromatic rings. The molecule has 0 fully saturated rings. The molecule has 1 aliphatic rings. The topological polar surface area (TPSA) is 26.0 Å². The number of hydrogen-bond donors (Lipinski definition) is 0. The van der Waals surface area contributed by atoms with Gasteiger partial charge in [0.25, 0.3) is 0 Å². The van der Waals surface area contributed by atoms with Crippen LogP contribution in [0.4, 0.5) is 0 Å². The highest BCUT2D eigenvalue weighted by Gasteiger charge is 2.38. The molecule has 0 amide bonds. The van der Waals surface area contributed by atoms with Crippen molar-refractivity contribution in [2.24, 2.45) is 0 Å². The SMILES string of the molecule is CC1(C)c2ccc(-c3cc(-c4ccccc4)nc(-c4ccccc4)c3)cc2-c2ccc3oc4ccccc4c3c21. The number of benzene rings is 5. The molecule has 0 aliphatic heterocycles. The molecule has 8 rings (SSSR count). The molecule has 0 unspecified atom stereocenters. The van der Waals surface area contributed by atoms with E-state index >= 15 is 0 Å². The van der Waals surface area contributed by atoms with Crippen molar-refractivity contribution in [1.82, 2.24) is 4.98 Å². The van der Waals surface area contributed by atoms with Crippen LogP contribution in [0.15, 0.2) is 132 Å². The van der Waals surface area contributed by atoms with E-state index in [9.17, 15) is 0 Å². The van der Waals surface area contributed by atoms with Crippen LogP contribution in [0.1, 0.15) is 25.0 Å². The summed E-state index contributed by atoms with van der Waals surface area (Å²) in [5.74, 6) is 0. The van der Waals surface area contributed by atoms with Gasteiger partial charge in [0.1, 0.15) is 11.2 Å². The minimum atomic E-state index is -0.141. The van der Waals surface area contributed by atoms with E-state index in [-0.39, 0.29) is 5.41 Å². The monoisotopic (exact) mass is 513 g/mol. The fourth-order valence-electron chi connectivity index (χ4n) is 6.53. The predicted octanol–water partition coefficient (Wildman–Crippen LogP) is 10.3. The molecule has 0 radical (unpaired) electrons.